The molecule has 0 aliphatic rings. The Morgan fingerprint density at radius 2 is 1.84 bits per heavy atom. The Bertz CT molecular complexity index is 689. The summed E-state index contributed by atoms with van der Waals surface area (Å²) in [4.78, 5) is 0. The van der Waals surface area contributed by atoms with Gasteiger partial charge in [0.25, 0.3) is 0 Å². The molecule has 19 heavy (non-hydrogen) atoms. The van der Waals surface area contributed by atoms with Crippen LogP contribution in [0.1, 0.15) is 30.5 Å². The van der Waals surface area contributed by atoms with Crippen molar-refractivity contribution < 1.29 is 11.6 Å². The van der Waals surface area contributed by atoms with E-state index >= 15 is 0 Å². The number of benzene rings is 2. The van der Waals surface area contributed by atoms with Crippen molar-refractivity contribution in [2.45, 2.75) is 19.4 Å². The van der Waals surface area contributed by atoms with E-state index < -0.39 is 12.1 Å². The first-order valence-electron chi connectivity index (χ1n) is 8.81. The SMILES string of the molecule is [2H]c1c([2H])c([2H])c(C(CCNC)Oc2ccc(C)cc2)c([2H])c1[2H]. The van der Waals surface area contributed by atoms with Crippen molar-refractivity contribution in [3.63, 3.8) is 0 Å². The van der Waals surface area contributed by atoms with Gasteiger partial charge in [0.1, 0.15) is 11.9 Å². The number of rotatable bonds is 6. The zero-order valence-electron chi connectivity index (χ0n) is 16.2. The van der Waals surface area contributed by atoms with E-state index in [2.05, 4.69) is 5.32 Å². The second kappa shape index (κ2) is 6.95. The van der Waals surface area contributed by atoms with Gasteiger partial charge in [0.05, 0.1) is 6.85 Å². The lowest BCUT2D eigenvalue weighted by atomic mass is 10.1. The monoisotopic (exact) mass is 260 g/mol. The van der Waals surface area contributed by atoms with E-state index in [1.165, 1.54) is 0 Å². The topological polar surface area (TPSA) is 21.3 Å². The van der Waals surface area contributed by atoms with Gasteiger partial charge in [-0.25, -0.2) is 0 Å². The molecule has 2 heteroatoms. The second-order valence-electron chi connectivity index (χ2n) is 4.35. The van der Waals surface area contributed by atoms with Gasteiger partial charge >= 0.3 is 0 Å². The van der Waals surface area contributed by atoms with E-state index in [1.807, 2.05) is 31.2 Å². The molecule has 1 atom stereocenters. The van der Waals surface area contributed by atoms with Gasteiger partial charge in [0.2, 0.25) is 0 Å². The Morgan fingerprint density at radius 1 is 1.16 bits per heavy atom. The van der Waals surface area contributed by atoms with Gasteiger partial charge in [0.15, 0.2) is 0 Å². The lowest BCUT2D eigenvalue weighted by molar-refractivity contribution is 0.195. The lowest BCUT2D eigenvalue weighted by Gasteiger charge is -2.19. The van der Waals surface area contributed by atoms with Crippen LogP contribution in [0, 0.1) is 6.92 Å². The van der Waals surface area contributed by atoms with Gasteiger partial charge in [-0.2, -0.15) is 0 Å². The number of hydrogen-bond acceptors (Lipinski definition) is 2. The molecule has 0 radical (unpaired) electrons. The van der Waals surface area contributed by atoms with Crippen LogP contribution < -0.4 is 10.1 Å². The molecule has 2 aromatic rings. The predicted molar refractivity (Wildman–Crippen MR) is 79.5 cm³/mol. The van der Waals surface area contributed by atoms with Crippen molar-refractivity contribution in [3.8, 4) is 5.75 Å². The zero-order chi connectivity index (χ0) is 17.9. The molecule has 0 fully saturated rings. The average molecular weight is 260 g/mol. The summed E-state index contributed by atoms with van der Waals surface area (Å²) < 4.78 is 45.6. The zero-order valence-corrected chi connectivity index (χ0v) is 11.2. The Balaban J connectivity index is 2.46. The summed E-state index contributed by atoms with van der Waals surface area (Å²) in [6.07, 6.45) is -0.146. The minimum Gasteiger partial charge on any atom is -0.486 e. The van der Waals surface area contributed by atoms with Gasteiger partial charge in [0, 0.05) is 6.42 Å². The molecule has 0 spiro atoms. The molecule has 1 unspecified atom stereocenters. The minimum absolute atomic E-state index is 0.192. The van der Waals surface area contributed by atoms with Crippen LogP contribution in [0.3, 0.4) is 0 Å². The highest BCUT2D eigenvalue weighted by molar-refractivity contribution is 5.28. The van der Waals surface area contributed by atoms with Gasteiger partial charge in [-0.1, -0.05) is 47.9 Å². The van der Waals surface area contributed by atoms with Crippen LogP contribution in [0.5, 0.6) is 5.75 Å². The minimum atomic E-state index is -0.631. The van der Waals surface area contributed by atoms with Crippen LogP contribution in [0.15, 0.2) is 54.5 Å². The molecule has 0 aliphatic heterocycles. The summed E-state index contributed by atoms with van der Waals surface area (Å²) in [5, 5.41) is 3.01. The molecule has 0 saturated heterocycles. The van der Waals surface area contributed by atoms with E-state index in [0.29, 0.717) is 18.7 Å². The molecular formula is C17H21NO. The van der Waals surface area contributed by atoms with Crippen LogP contribution in [-0.2, 0) is 0 Å². The van der Waals surface area contributed by atoms with E-state index in [9.17, 15) is 0 Å². The quantitative estimate of drug-likeness (QED) is 0.854. The number of ether oxygens (including phenoxy) is 1. The number of aryl methyl sites for hydroxylation is 1. The van der Waals surface area contributed by atoms with Gasteiger partial charge in [-0.05, 0) is 38.2 Å². The molecule has 0 bridgehead atoms. The third-order valence-electron chi connectivity index (χ3n) is 2.80. The fourth-order valence-corrected chi connectivity index (χ4v) is 1.74. The summed E-state index contributed by atoms with van der Waals surface area (Å²) in [6, 6.07) is 5.95. The summed E-state index contributed by atoms with van der Waals surface area (Å²) in [6.45, 7) is 2.57. The summed E-state index contributed by atoms with van der Waals surface area (Å²) in [7, 11) is 1.80. The van der Waals surface area contributed by atoms with Crippen LogP contribution in [-0.4, -0.2) is 13.6 Å². The molecule has 0 heterocycles. The Labute approximate surface area is 122 Å². The molecule has 0 saturated carbocycles. The molecule has 2 nitrogen and oxygen atoms in total. The first-order chi connectivity index (χ1) is 11.4. The second-order valence-corrected chi connectivity index (χ2v) is 4.35. The maximum Gasteiger partial charge on any atom is 0.125 e. The number of nitrogens with one attached hydrogen (secondary N) is 1. The molecule has 2 rings (SSSR count). The summed E-state index contributed by atoms with van der Waals surface area (Å²) >= 11 is 0. The van der Waals surface area contributed by atoms with Crippen molar-refractivity contribution in [3.05, 3.63) is 65.6 Å². The third-order valence-corrected chi connectivity index (χ3v) is 2.80. The Hall–Kier alpha value is -1.80. The molecule has 0 amide bonds. The smallest absolute Gasteiger partial charge is 0.125 e. The van der Waals surface area contributed by atoms with Crippen LogP contribution in [0.25, 0.3) is 0 Å². The first kappa shape index (κ1) is 8.39. The predicted octanol–water partition coefficient (Wildman–Crippen LogP) is 3.72. The van der Waals surface area contributed by atoms with E-state index in [1.54, 1.807) is 7.05 Å². The molecular weight excluding hydrogens is 234 g/mol. The summed E-state index contributed by atoms with van der Waals surface area (Å²) in [5.41, 5.74) is 1.29. The standard InChI is InChI=1S/C17H21NO/c1-14-8-10-16(11-9-14)19-17(12-13-18-2)15-6-4-3-5-7-15/h3-11,17-18H,12-13H2,1-2H3/i3D,4D,5D,6D,7D. The lowest BCUT2D eigenvalue weighted by Crippen LogP contribution is -2.16. The highest BCUT2D eigenvalue weighted by Crippen LogP contribution is 2.24. The fourth-order valence-electron chi connectivity index (χ4n) is 1.74. The number of hydrogen-bond donors (Lipinski definition) is 1. The molecule has 100 valence electrons. The molecule has 0 aromatic heterocycles. The third kappa shape index (κ3) is 4.11. The maximum absolute atomic E-state index is 8.13. The fraction of sp³-hybridized carbons (Fsp3) is 0.294. The van der Waals surface area contributed by atoms with Crippen molar-refractivity contribution in [2.24, 2.45) is 0 Å². The molecule has 1 N–H and O–H groups in total. The highest BCUT2D eigenvalue weighted by atomic mass is 16.5. The molecule has 0 aliphatic carbocycles. The van der Waals surface area contributed by atoms with E-state index in [4.69, 9.17) is 11.6 Å². The van der Waals surface area contributed by atoms with Gasteiger partial charge in [-0.15, -0.1) is 0 Å². The van der Waals surface area contributed by atoms with E-state index in [-0.39, 0.29) is 29.7 Å². The van der Waals surface area contributed by atoms with Gasteiger partial charge in [-0.3, -0.25) is 0 Å². The van der Waals surface area contributed by atoms with Crippen LogP contribution in [0.2, 0.25) is 0 Å². The highest BCUT2D eigenvalue weighted by Gasteiger charge is 2.12. The summed E-state index contributed by atoms with van der Waals surface area (Å²) in [5.74, 6) is 0.605. The van der Waals surface area contributed by atoms with Gasteiger partial charge < -0.3 is 10.1 Å². The van der Waals surface area contributed by atoms with Crippen LogP contribution >= 0.6 is 0 Å². The van der Waals surface area contributed by atoms with Crippen molar-refractivity contribution in [1.29, 1.82) is 0 Å². The van der Waals surface area contributed by atoms with Crippen LogP contribution in [0.4, 0.5) is 0 Å². The normalized spacial score (nSPS) is 15.8. The van der Waals surface area contributed by atoms with Crippen molar-refractivity contribution >= 4 is 0 Å². The molecule has 2 aromatic carbocycles. The first-order valence-corrected chi connectivity index (χ1v) is 6.31. The largest absolute Gasteiger partial charge is 0.486 e. The van der Waals surface area contributed by atoms with Crippen molar-refractivity contribution in [2.75, 3.05) is 13.6 Å². The maximum atomic E-state index is 8.13. The van der Waals surface area contributed by atoms with E-state index in [0.717, 1.165) is 5.56 Å². The Morgan fingerprint density at radius 3 is 2.47 bits per heavy atom. The Kier molecular flexibility index (Phi) is 3.07. The average Bonchev–Trinajstić information content (AvgIpc) is 2.58. The van der Waals surface area contributed by atoms with Crippen molar-refractivity contribution in [1.82, 2.24) is 5.32 Å².